The van der Waals surface area contributed by atoms with Gasteiger partial charge in [0.25, 0.3) is 0 Å². The van der Waals surface area contributed by atoms with Crippen molar-refractivity contribution in [2.24, 2.45) is 0 Å². The van der Waals surface area contributed by atoms with E-state index in [0.717, 1.165) is 37.8 Å². The molecule has 1 heterocycles. The number of pyridine rings is 1. The zero-order chi connectivity index (χ0) is 12.3. The topological polar surface area (TPSA) is 30.0 Å². The van der Waals surface area contributed by atoms with Crippen molar-refractivity contribution < 1.29 is 4.79 Å². The van der Waals surface area contributed by atoms with Crippen LogP contribution in [0.5, 0.6) is 0 Å². The van der Waals surface area contributed by atoms with E-state index in [1.807, 2.05) is 24.3 Å². The molecule has 0 saturated heterocycles. The molecule has 17 heavy (non-hydrogen) atoms. The number of hydrogen-bond acceptors (Lipinski definition) is 2. The minimum Gasteiger partial charge on any atom is -0.300 e. The smallest absolute Gasteiger partial charge is 0.133 e. The molecule has 0 amide bonds. The molecule has 0 unspecified atom stereocenters. The number of aromatic nitrogens is 1. The molecule has 0 bridgehead atoms. The van der Waals surface area contributed by atoms with Crippen molar-refractivity contribution >= 4 is 5.78 Å². The average Bonchev–Trinajstić information content (AvgIpc) is 2.37. The summed E-state index contributed by atoms with van der Waals surface area (Å²) in [6, 6.07) is 5.82. The summed E-state index contributed by atoms with van der Waals surface area (Å²) in [5.74, 6) is 0.356. The van der Waals surface area contributed by atoms with Crippen molar-refractivity contribution in [2.75, 3.05) is 0 Å². The molecular formula is C15H21NO. The zero-order valence-corrected chi connectivity index (χ0v) is 10.4. The van der Waals surface area contributed by atoms with Crippen LogP contribution in [0.4, 0.5) is 0 Å². The highest BCUT2D eigenvalue weighted by atomic mass is 16.1. The molecule has 2 nitrogen and oxygen atoms in total. The Kier molecular flexibility index (Phi) is 6.96. The van der Waals surface area contributed by atoms with E-state index in [1.165, 1.54) is 0 Å². The SMILES string of the molecule is C=CCCCCCC(=O)CCc1ccccn1. The van der Waals surface area contributed by atoms with Crippen molar-refractivity contribution in [2.45, 2.75) is 44.9 Å². The van der Waals surface area contributed by atoms with Crippen LogP contribution in [0.15, 0.2) is 37.1 Å². The Hall–Kier alpha value is -1.44. The highest BCUT2D eigenvalue weighted by Gasteiger charge is 2.02. The molecule has 0 spiro atoms. The molecule has 0 aliphatic heterocycles. The normalized spacial score (nSPS) is 10.1. The molecule has 0 N–H and O–H groups in total. The summed E-state index contributed by atoms with van der Waals surface area (Å²) in [5.41, 5.74) is 1.01. The Morgan fingerprint density at radius 1 is 1.24 bits per heavy atom. The standard InChI is InChI=1S/C15H21NO/c1-2-3-4-5-6-10-15(17)12-11-14-9-7-8-13-16-14/h2,7-9,13H,1,3-6,10-12H2. The molecule has 1 rings (SSSR count). The first-order valence-corrected chi connectivity index (χ1v) is 6.35. The maximum absolute atomic E-state index is 11.6. The number of Topliss-reactive ketones (excluding diaryl/α,β-unsaturated/α-hetero) is 1. The van der Waals surface area contributed by atoms with Crippen molar-refractivity contribution in [1.29, 1.82) is 0 Å². The summed E-state index contributed by atoms with van der Waals surface area (Å²) in [4.78, 5) is 15.8. The van der Waals surface area contributed by atoms with E-state index in [-0.39, 0.29) is 0 Å². The first kappa shape index (κ1) is 13.6. The number of rotatable bonds is 9. The molecule has 0 aliphatic carbocycles. The lowest BCUT2D eigenvalue weighted by Crippen LogP contribution is -2.01. The lowest BCUT2D eigenvalue weighted by Gasteiger charge is -2.01. The first-order chi connectivity index (χ1) is 8.33. The van der Waals surface area contributed by atoms with Gasteiger partial charge in [-0.2, -0.15) is 0 Å². The summed E-state index contributed by atoms with van der Waals surface area (Å²) in [5, 5.41) is 0. The summed E-state index contributed by atoms with van der Waals surface area (Å²) in [7, 11) is 0. The molecule has 0 atom stereocenters. The number of allylic oxidation sites excluding steroid dienone is 1. The average molecular weight is 231 g/mol. The van der Waals surface area contributed by atoms with Gasteiger partial charge in [0.1, 0.15) is 5.78 Å². The van der Waals surface area contributed by atoms with Crippen LogP contribution in [0, 0.1) is 0 Å². The van der Waals surface area contributed by atoms with Gasteiger partial charge < -0.3 is 0 Å². The third-order valence-electron chi connectivity index (χ3n) is 2.75. The van der Waals surface area contributed by atoms with Gasteiger partial charge >= 0.3 is 0 Å². The van der Waals surface area contributed by atoms with E-state index in [2.05, 4.69) is 11.6 Å². The van der Waals surface area contributed by atoms with Gasteiger partial charge in [-0.3, -0.25) is 9.78 Å². The molecular weight excluding hydrogens is 210 g/mol. The fraction of sp³-hybridized carbons (Fsp3) is 0.467. The molecule has 2 heteroatoms. The fourth-order valence-corrected chi connectivity index (χ4v) is 1.73. The van der Waals surface area contributed by atoms with E-state index in [0.29, 0.717) is 18.6 Å². The van der Waals surface area contributed by atoms with Gasteiger partial charge in [0.05, 0.1) is 0 Å². The Balaban J connectivity index is 2.07. The summed E-state index contributed by atoms with van der Waals surface area (Å²) >= 11 is 0. The third-order valence-corrected chi connectivity index (χ3v) is 2.75. The van der Waals surface area contributed by atoms with Gasteiger partial charge in [-0.1, -0.05) is 18.6 Å². The fourth-order valence-electron chi connectivity index (χ4n) is 1.73. The molecule has 0 fully saturated rings. The van der Waals surface area contributed by atoms with E-state index in [9.17, 15) is 4.79 Å². The van der Waals surface area contributed by atoms with Crippen LogP contribution in [-0.4, -0.2) is 10.8 Å². The predicted octanol–water partition coefficient (Wildman–Crippen LogP) is 3.72. The van der Waals surface area contributed by atoms with Crippen molar-refractivity contribution in [3.63, 3.8) is 0 Å². The number of ketones is 1. The van der Waals surface area contributed by atoms with Crippen molar-refractivity contribution in [3.8, 4) is 0 Å². The minimum absolute atomic E-state index is 0.356. The third kappa shape index (κ3) is 6.67. The largest absolute Gasteiger partial charge is 0.300 e. The molecule has 1 aromatic heterocycles. The second-order valence-electron chi connectivity index (χ2n) is 4.25. The number of aryl methyl sites for hydroxylation is 1. The number of carbonyl (C=O) groups is 1. The van der Waals surface area contributed by atoms with Crippen molar-refractivity contribution in [3.05, 3.63) is 42.7 Å². The van der Waals surface area contributed by atoms with Crippen LogP contribution >= 0.6 is 0 Å². The Bertz CT molecular complexity index is 332. The maximum atomic E-state index is 11.6. The molecule has 0 aromatic carbocycles. The van der Waals surface area contributed by atoms with Crippen LogP contribution in [0.3, 0.4) is 0 Å². The quantitative estimate of drug-likeness (QED) is 0.479. The molecule has 0 radical (unpaired) electrons. The predicted molar refractivity (Wildman–Crippen MR) is 70.8 cm³/mol. The van der Waals surface area contributed by atoms with Gasteiger partial charge in [0.15, 0.2) is 0 Å². The molecule has 0 saturated carbocycles. The van der Waals surface area contributed by atoms with Crippen LogP contribution in [0.1, 0.15) is 44.2 Å². The number of unbranched alkanes of at least 4 members (excludes halogenated alkanes) is 3. The number of nitrogens with zero attached hydrogens (tertiary/aromatic N) is 1. The van der Waals surface area contributed by atoms with Gasteiger partial charge in [-0.05, 0) is 37.8 Å². The van der Waals surface area contributed by atoms with E-state index >= 15 is 0 Å². The number of carbonyl (C=O) groups excluding carboxylic acids is 1. The Morgan fingerprint density at radius 3 is 2.82 bits per heavy atom. The molecule has 92 valence electrons. The van der Waals surface area contributed by atoms with Crippen LogP contribution in [0.25, 0.3) is 0 Å². The summed E-state index contributed by atoms with van der Waals surface area (Å²) in [6.07, 6.45) is 10.2. The van der Waals surface area contributed by atoms with Gasteiger partial charge in [0.2, 0.25) is 0 Å². The van der Waals surface area contributed by atoms with Gasteiger partial charge in [-0.15, -0.1) is 6.58 Å². The summed E-state index contributed by atoms with van der Waals surface area (Å²) < 4.78 is 0. The monoisotopic (exact) mass is 231 g/mol. The lowest BCUT2D eigenvalue weighted by molar-refractivity contribution is -0.119. The number of hydrogen-bond donors (Lipinski definition) is 0. The van der Waals surface area contributed by atoms with Crippen LogP contribution < -0.4 is 0 Å². The first-order valence-electron chi connectivity index (χ1n) is 6.35. The molecule has 0 aliphatic rings. The van der Waals surface area contributed by atoms with E-state index in [1.54, 1.807) is 6.20 Å². The Labute approximate surface area is 104 Å². The highest BCUT2D eigenvalue weighted by Crippen LogP contribution is 2.07. The lowest BCUT2D eigenvalue weighted by atomic mass is 10.1. The highest BCUT2D eigenvalue weighted by molar-refractivity contribution is 5.78. The van der Waals surface area contributed by atoms with Crippen molar-refractivity contribution in [1.82, 2.24) is 4.98 Å². The maximum Gasteiger partial charge on any atom is 0.133 e. The summed E-state index contributed by atoms with van der Waals surface area (Å²) in [6.45, 7) is 3.68. The zero-order valence-electron chi connectivity index (χ0n) is 10.4. The van der Waals surface area contributed by atoms with Gasteiger partial charge in [0, 0.05) is 24.7 Å². The van der Waals surface area contributed by atoms with Crippen LogP contribution in [0.2, 0.25) is 0 Å². The van der Waals surface area contributed by atoms with Crippen LogP contribution in [-0.2, 0) is 11.2 Å². The van der Waals surface area contributed by atoms with Gasteiger partial charge in [-0.25, -0.2) is 0 Å². The van der Waals surface area contributed by atoms with E-state index in [4.69, 9.17) is 0 Å². The second kappa shape index (κ2) is 8.68. The molecule has 1 aromatic rings. The second-order valence-corrected chi connectivity index (χ2v) is 4.25. The Morgan fingerprint density at radius 2 is 2.12 bits per heavy atom. The minimum atomic E-state index is 0.356. The van der Waals surface area contributed by atoms with E-state index < -0.39 is 0 Å².